The summed E-state index contributed by atoms with van der Waals surface area (Å²) < 4.78 is 0. The monoisotopic (exact) mass is 226 g/mol. The molecule has 0 bridgehead atoms. The zero-order valence-electron chi connectivity index (χ0n) is 9.45. The number of allylic oxidation sites excluding steroid dienone is 1. The molecule has 90 valence electrons. The second-order valence-corrected chi connectivity index (χ2v) is 4.30. The minimum absolute atomic E-state index is 0.0516. The van der Waals surface area contributed by atoms with E-state index in [2.05, 4.69) is 22.8 Å². The molecule has 0 aliphatic heterocycles. The summed E-state index contributed by atoms with van der Waals surface area (Å²) in [6.07, 6.45) is 6.80. The van der Waals surface area contributed by atoms with Gasteiger partial charge in [-0.3, -0.25) is 4.79 Å². The number of carbonyl (C=O) groups excluding carboxylic acids is 1. The zero-order valence-corrected chi connectivity index (χ0v) is 9.45. The van der Waals surface area contributed by atoms with Gasteiger partial charge in [0.15, 0.2) is 0 Å². The molecule has 2 amide bonds. The Labute approximate surface area is 94.9 Å². The van der Waals surface area contributed by atoms with Crippen LogP contribution < -0.4 is 10.6 Å². The maximum Gasteiger partial charge on any atom is 0.315 e. The van der Waals surface area contributed by atoms with Gasteiger partial charge in [0, 0.05) is 12.1 Å². The van der Waals surface area contributed by atoms with Crippen molar-refractivity contribution in [2.75, 3.05) is 6.54 Å². The predicted molar refractivity (Wildman–Crippen MR) is 60.2 cm³/mol. The number of carboxylic acid groups (broad SMARTS) is 1. The maximum atomic E-state index is 11.5. The summed E-state index contributed by atoms with van der Waals surface area (Å²) in [7, 11) is 0. The van der Waals surface area contributed by atoms with Crippen molar-refractivity contribution in [3.05, 3.63) is 12.2 Å². The molecule has 1 aliphatic rings. The fourth-order valence-corrected chi connectivity index (χ4v) is 1.68. The third-order valence-electron chi connectivity index (χ3n) is 2.64. The number of rotatable bonds is 4. The molecular weight excluding hydrogens is 208 g/mol. The van der Waals surface area contributed by atoms with Crippen molar-refractivity contribution in [3.63, 3.8) is 0 Å². The Morgan fingerprint density at radius 2 is 2.19 bits per heavy atom. The summed E-state index contributed by atoms with van der Waals surface area (Å²) in [6, 6.07) is -0.293. The van der Waals surface area contributed by atoms with Gasteiger partial charge in [-0.05, 0) is 26.2 Å². The molecule has 0 heterocycles. The minimum Gasteiger partial charge on any atom is -0.481 e. The normalized spacial score (nSPS) is 23.8. The minimum atomic E-state index is -0.910. The van der Waals surface area contributed by atoms with Gasteiger partial charge >= 0.3 is 12.0 Å². The van der Waals surface area contributed by atoms with Crippen LogP contribution in [0.15, 0.2) is 12.2 Å². The molecule has 0 radical (unpaired) electrons. The van der Waals surface area contributed by atoms with Crippen LogP contribution in [0.4, 0.5) is 4.79 Å². The van der Waals surface area contributed by atoms with Crippen LogP contribution in [0.3, 0.4) is 0 Å². The van der Waals surface area contributed by atoms with E-state index in [0.717, 1.165) is 19.3 Å². The number of carbonyl (C=O) groups is 2. The number of hydrogen-bond acceptors (Lipinski definition) is 2. The number of nitrogens with one attached hydrogen (secondary N) is 2. The summed E-state index contributed by atoms with van der Waals surface area (Å²) in [5.74, 6) is -0.910. The lowest BCUT2D eigenvalue weighted by Gasteiger charge is -2.31. The average Bonchev–Trinajstić information content (AvgIpc) is 2.17. The highest BCUT2D eigenvalue weighted by Gasteiger charge is 2.25. The molecule has 3 N–H and O–H groups in total. The number of urea groups is 1. The summed E-state index contributed by atoms with van der Waals surface area (Å²) in [4.78, 5) is 21.7. The van der Waals surface area contributed by atoms with Gasteiger partial charge < -0.3 is 15.7 Å². The standard InChI is InChI=1S/C11H18N2O3/c1-11(6-3-2-4-7-11)13-10(16)12-8-5-9(14)15/h2-3H,4-8H2,1H3,(H,14,15)(H2,12,13,16). The van der Waals surface area contributed by atoms with Gasteiger partial charge in [-0.15, -0.1) is 0 Å². The third-order valence-corrected chi connectivity index (χ3v) is 2.64. The van der Waals surface area contributed by atoms with E-state index in [1.165, 1.54) is 0 Å². The SMILES string of the molecule is CC1(NC(=O)NCCC(=O)O)CC=CCC1. The molecule has 16 heavy (non-hydrogen) atoms. The Balaban J connectivity index is 2.27. The van der Waals surface area contributed by atoms with Crippen molar-refractivity contribution in [2.24, 2.45) is 0 Å². The summed E-state index contributed by atoms with van der Waals surface area (Å²) >= 11 is 0. The van der Waals surface area contributed by atoms with Crippen molar-refractivity contribution in [2.45, 2.75) is 38.1 Å². The molecule has 5 heteroatoms. The van der Waals surface area contributed by atoms with E-state index in [1.807, 2.05) is 6.92 Å². The first-order valence-corrected chi connectivity index (χ1v) is 5.45. The van der Waals surface area contributed by atoms with Crippen LogP contribution in [0.1, 0.15) is 32.6 Å². The van der Waals surface area contributed by atoms with Crippen LogP contribution in [-0.4, -0.2) is 29.2 Å². The molecule has 1 aliphatic carbocycles. The molecule has 0 aromatic rings. The van der Waals surface area contributed by atoms with E-state index in [0.29, 0.717) is 0 Å². The van der Waals surface area contributed by atoms with E-state index < -0.39 is 5.97 Å². The molecule has 0 fully saturated rings. The van der Waals surface area contributed by atoms with E-state index in [-0.39, 0.29) is 24.5 Å². The van der Waals surface area contributed by atoms with Gasteiger partial charge in [-0.25, -0.2) is 4.79 Å². The van der Waals surface area contributed by atoms with Gasteiger partial charge in [-0.1, -0.05) is 12.2 Å². The topological polar surface area (TPSA) is 78.4 Å². The van der Waals surface area contributed by atoms with Gasteiger partial charge in [-0.2, -0.15) is 0 Å². The highest BCUT2D eigenvalue weighted by Crippen LogP contribution is 2.22. The maximum absolute atomic E-state index is 11.5. The quantitative estimate of drug-likeness (QED) is 0.631. The third kappa shape index (κ3) is 4.33. The Bertz CT molecular complexity index is 302. The van der Waals surface area contributed by atoms with Crippen LogP contribution in [-0.2, 0) is 4.79 Å². The molecule has 0 saturated heterocycles. The molecular formula is C11H18N2O3. The van der Waals surface area contributed by atoms with Crippen molar-refractivity contribution in [1.82, 2.24) is 10.6 Å². The molecule has 0 spiro atoms. The van der Waals surface area contributed by atoms with Crippen LogP contribution in [0, 0.1) is 0 Å². The Morgan fingerprint density at radius 3 is 2.75 bits per heavy atom. The van der Waals surface area contributed by atoms with Crippen molar-refractivity contribution < 1.29 is 14.7 Å². The fourth-order valence-electron chi connectivity index (χ4n) is 1.68. The average molecular weight is 226 g/mol. The first-order valence-electron chi connectivity index (χ1n) is 5.45. The fraction of sp³-hybridized carbons (Fsp3) is 0.636. The van der Waals surface area contributed by atoms with Crippen LogP contribution in [0.2, 0.25) is 0 Å². The molecule has 0 aromatic heterocycles. The number of aliphatic carboxylic acids is 1. The van der Waals surface area contributed by atoms with Gasteiger partial charge in [0.1, 0.15) is 0 Å². The van der Waals surface area contributed by atoms with Crippen molar-refractivity contribution in [1.29, 1.82) is 0 Å². The van der Waals surface area contributed by atoms with Crippen LogP contribution >= 0.6 is 0 Å². The number of hydrogen-bond donors (Lipinski definition) is 3. The first-order chi connectivity index (χ1) is 7.52. The highest BCUT2D eigenvalue weighted by molar-refractivity contribution is 5.75. The second kappa shape index (κ2) is 5.53. The van der Waals surface area contributed by atoms with Gasteiger partial charge in [0.05, 0.1) is 6.42 Å². The van der Waals surface area contributed by atoms with E-state index >= 15 is 0 Å². The Kier molecular flexibility index (Phi) is 4.34. The highest BCUT2D eigenvalue weighted by atomic mass is 16.4. The first kappa shape index (κ1) is 12.5. The van der Waals surface area contributed by atoms with Crippen molar-refractivity contribution >= 4 is 12.0 Å². The lowest BCUT2D eigenvalue weighted by molar-refractivity contribution is -0.136. The lowest BCUT2D eigenvalue weighted by atomic mass is 9.88. The van der Waals surface area contributed by atoms with Gasteiger partial charge in [0.25, 0.3) is 0 Å². The summed E-state index contributed by atoms with van der Waals surface area (Å²) in [6.45, 7) is 2.15. The van der Waals surface area contributed by atoms with E-state index in [1.54, 1.807) is 0 Å². The smallest absolute Gasteiger partial charge is 0.315 e. The molecule has 1 unspecified atom stereocenters. The Morgan fingerprint density at radius 1 is 1.44 bits per heavy atom. The Hall–Kier alpha value is -1.52. The van der Waals surface area contributed by atoms with E-state index in [4.69, 9.17) is 5.11 Å². The summed E-state index contributed by atoms with van der Waals surface area (Å²) in [5.41, 5.74) is -0.206. The largest absolute Gasteiger partial charge is 0.481 e. The van der Waals surface area contributed by atoms with E-state index in [9.17, 15) is 9.59 Å². The molecule has 1 rings (SSSR count). The predicted octanol–water partition coefficient (Wildman–Crippen LogP) is 1.26. The number of amides is 2. The second-order valence-electron chi connectivity index (χ2n) is 4.30. The molecule has 0 saturated carbocycles. The van der Waals surface area contributed by atoms with Crippen molar-refractivity contribution in [3.8, 4) is 0 Å². The lowest BCUT2D eigenvalue weighted by Crippen LogP contribution is -2.50. The summed E-state index contributed by atoms with van der Waals surface area (Å²) in [5, 5.41) is 13.8. The number of carboxylic acids is 1. The zero-order chi connectivity index (χ0) is 12.0. The van der Waals surface area contributed by atoms with Crippen LogP contribution in [0.5, 0.6) is 0 Å². The molecule has 0 aromatic carbocycles. The van der Waals surface area contributed by atoms with Gasteiger partial charge in [0.2, 0.25) is 0 Å². The van der Waals surface area contributed by atoms with Crippen LogP contribution in [0.25, 0.3) is 0 Å². The molecule has 5 nitrogen and oxygen atoms in total. The molecule has 1 atom stereocenters.